The SMILES string of the molecule is Brc1ccc(C2CC(NC3CC4CCC3C4)C2)cc1. The van der Waals surface area contributed by atoms with Gasteiger partial charge in [-0.2, -0.15) is 0 Å². The second-order valence-electron chi connectivity index (χ2n) is 6.86. The van der Waals surface area contributed by atoms with E-state index in [-0.39, 0.29) is 0 Å². The summed E-state index contributed by atoms with van der Waals surface area (Å²) in [5.41, 5.74) is 1.52. The number of nitrogens with one attached hydrogen (secondary N) is 1. The van der Waals surface area contributed by atoms with Crippen LogP contribution in [0.25, 0.3) is 0 Å². The standard InChI is InChI=1S/C17H22BrN/c18-15-5-3-12(4-6-15)14-9-16(10-14)19-17-8-11-1-2-13(17)7-11/h3-6,11,13-14,16-17,19H,1-2,7-10H2. The van der Waals surface area contributed by atoms with E-state index in [0.29, 0.717) is 0 Å². The summed E-state index contributed by atoms with van der Waals surface area (Å²) < 4.78 is 1.19. The Bertz CT molecular complexity index is 449. The molecule has 2 heteroatoms. The fraction of sp³-hybridized carbons (Fsp3) is 0.647. The molecule has 19 heavy (non-hydrogen) atoms. The van der Waals surface area contributed by atoms with E-state index in [1.165, 1.54) is 48.6 Å². The van der Waals surface area contributed by atoms with Gasteiger partial charge in [-0.05, 0) is 67.6 Å². The van der Waals surface area contributed by atoms with Crippen molar-refractivity contribution >= 4 is 15.9 Å². The molecule has 0 saturated heterocycles. The zero-order valence-corrected chi connectivity index (χ0v) is 12.9. The molecule has 3 saturated carbocycles. The maximum atomic E-state index is 3.95. The Morgan fingerprint density at radius 3 is 2.37 bits per heavy atom. The lowest BCUT2D eigenvalue weighted by Crippen LogP contribution is -2.47. The third-order valence-electron chi connectivity index (χ3n) is 5.67. The molecule has 0 amide bonds. The van der Waals surface area contributed by atoms with E-state index in [1.807, 2.05) is 0 Å². The maximum absolute atomic E-state index is 3.95. The summed E-state index contributed by atoms with van der Waals surface area (Å²) in [5, 5.41) is 3.95. The summed E-state index contributed by atoms with van der Waals surface area (Å²) in [7, 11) is 0. The molecule has 0 heterocycles. The summed E-state index contributed by atoms with van der Waals surface area (Å²) in [5.74, 6) is 2.87. The van der Waals surface area contributed by atoms with E-state index >= 15 is 0 Å². The summed E-state index contributed by atoms with van der Waals surface area (Å²) in [4.78, 5) is 0. The minimum absolute atomic E-state index is 0.790. The largest absolute Gasteiger partial charge is 0.311 e. The molecule has 3 atom stereocenters. The lowest BCUT2D eigenvalue weighted by molar-refractivity contribution is 0.229. The summed E-state index contributed by atoms with van der Waals surface area (Å²) >= 11 is 3.51. The van der Waals surface area contributed by atoms with E-state index in [0.717, 1.165) is 29.8 Å². The van der Waals surface area contributed by atoms with E-state index in [4.69, 9.17) is 0 Å². The third-order valence-corrected chi connectivity index (χ3v) is 6.20. The molecule has 1 N–H and O–H groups in total. The zero-order valence-electron chi connectivity index (χ0n) is 11.3. The van der Waals surface area contributed by atoms with Crippen molar-refractivity contribution in [3.8, 4) is 0 Å². The Kier molecular flexibility index (Phi) is 3.19. The van der Waals surface area contributed by atoms with Crippen molar-refractivity contribution in [2.75, 3.05) is 0 Å². The maximum Gasteiger partial charge on any atom is 0.0175 e. The van der Waals surface area contributed by atoms with Gasteiger partial charge in [-0.3, -0.25) is 0 Å². The van der Waals surface area contributed by atoms with Crippen molar-refractivity contribution in [2.45, 2.75) is 56.5 Å². The molecule has 3 aliphatic carbocycles. The predicted molar refractivity (Wildman–Crippen MR) is 82.3 cm³/mol. The number of halogens is 1. The van der Waals surface area contributed by atoms with Crippen molar-refractivity contribution in [1.82, 2.24) is 5.32 Å². The van der Waals surface area contributed by atoms with Gasteiger partial charge in [0, 0.05) is 16.6 Å². The minimum Gasteiger partial charge on any atom is -0.311 e. The van der Waals surface area contributed by atoms with Crippen LogP contribution in [-0.4, -0.2) is 12.1 Å². The predicted octanol–water partition coefficient (Wildman–Crippen LogP) is 4.47. The van der Waals surface area contributed by atoms with Gasteiger partial charge in [-0.15, -0.1) is 0 Å². The molecular weight excluding hydrogens is 298 g/mol. The number of hydrogen-bond donors (Lipinski definition) is 1. The van der Waals surface area contributed by atoms with Crippen LogP contribution < -0.4 is 5.32 Å². The van der Waals surface area contributed by atoms with Crippen LogP contribution in [0.2, 0.25) is 0 Å². The van der Waals surface area contributed by atoms with E-state index < -0.39 is 0 Å². The summed E-state index contributed by atoms with van der Waals surface area (Å²) in [6, 6.07) is 10.6. The van der Waals surface area contributed by atoms with Gasteiger partial charge in [0.2, 0.25) is 0 Å². The lowest BCUT2D eigenvalue weighted by Gasteiger charge is -2.40. The van der Waals surface area contributed by atoms with Crippen LogP contribution >= 0.6 is 15.9 Å². The number of benzene rings is 1. The first-order valence-electron chi connectivity index (χ1n) is 7.79. The van der Waals surface area contributed by atoms with Gasteiger partial charge in [0.1, 0.15) is 0 Å². The molecule has 4 rings (SSSR count). The third kappa shape index (κ3) is 2.38. The van der Waals surface area contributed by atoms with Crippen LogP contribution in [-0.2, 0) is 0 Å². The van der Waals surface area contributed by atoms with E-state index in [9.17, 15) is 0 Å². The molecule has 1 nitrogen and oxygen atoms in total. The van der Waals surface area contributed by atoms with Gasteiger partial charge < -0.3 is 5.32 Å². The van der Waals surface area contributed by atoms with Gasteiger partial charge in [0.15, 0.2) is 0 Å². The number of hydrogen-bond acceptors (Lipinski definition) is 1. The average Bonchev–Trinajstić information content (AvgIpc) is 2.97. The fourth-order valence-electron chi connectivity index (χ4n) is 4.51. The van der Waals surface area contributed by atoms with E-state index in [1.54, 1.807) is 0 Å². The molecule has 0 aromatic heterocycles. The second-order valence-corrected chi connectivity index (χ2v) is 7.78. The minimum atomic E-state index is 0.790. The van der Waals surface area contributed by atoms with Gasteiger partial charge in [-0.1, -0.05) is 34.5 Å². The highest BCUT2D eigenvalue weighted by molar-refractivity contribution is 9.10. The van der Waals surface area contributed by atoms with Crippen molar-refractivity contribution < 1.29 is 0 Å². The molecule has 3 aliphatic rings. The van der Waals surface area contributed by atoms with Crippen molar-refractivity contribution in [1.29, 1.82) is 0 Å². The first-order chi connectivity index (χ1) is 9.28. The number of fused-ring (bicyclic) bond motifs is 2. The molecule has 102 valence electrons. The Labute approximate surface area is 124 Å². The molecule has 2 bridgehead atoms. The molecule has 3 unspecified atom stereocenters. The van der Waals surface area contributed by atoms with Crippen LogP contribution in [0, 0.1) is 11.8 Å². The molecular formula is C17H22BrN. The van der Waals surface area contributed by atoms with E-state index in [2.05, 4.69) is 45.5 Å². The highest BCUT2D eigenvalue weighted by Crippen LogP contribution is 2.46. The zero-order chi connectivity index (χ0) is 12.8. The van der Waals surface area contributed by atoms with Crippen LogP contribution in [0.1, 0.15) is 50.0 Å². The number of rotatable bonds is 3. The van der Waals surface area contributed by atoms with Gasteiger partial charge in [0.05, 0.1) is 0 Å². The van der Waals surface area contributed by atoms with Crippen molar-refractivity contribution in [3.05, 3.63) is 34.3 Å². The quantitative estimate of drug-likeness (QED) is 0.866. The Morgan fingerprint density at radius 2 is 1.74 bits per heavy atom. The van der Waals surface area contributed by atoms with Crippen molar-refractivity contribution in [3.63, 3.8) is 0 Å². The molecule has 1 aromatic rings. The van der Waals surface area contributed by atoms with Crippen LogP contribution in [0.3, 0.4) is 0 Å². The monoisotopic (exact) mass is 319 g/mol. The van der Waals surface area contributed by atoms with Crippen LogP contribution in [0.4, 0.5) is 0 Å². The van der Waals surface area contributed by atoms with Crippen molar-refractivity contribution in [2.24, 2.45) is 11.8 Å². The molecule has 1 aromatic carbocycles. The van der Waals surface area contributed by atoms with Gasteiger partial charge in [0.25, 0.3) is 0 Å². The normalized spacial score (nSPS) is 40.4. The highest BCUT2D eigenvalue weighted by Gasteiger charge is 2.41. The van der Waals surface area contributed by atoms with Gasteiger partial charge in [-0.25, -0.2) is 0 Å². The molecule has 0 aliphatic heterocycles. The highest BCUT2D eigenvalue weighted by atomic mass is 79.9. The summed E-state index contributed by atoms with van der Waals surface area (Å²) in [6.45, 7) is 0. The Balaban J connectivity index is 1.30. The fourth-order valence-corrected chi connectivity index (χ4v) is 4.78. The first kappa shape index (κ1) is 12.4. The lowest BCUT2D eigenvalue weighted by atomic mass is 9.75. The summed E-state index contributed by atoms with van der Waals surface area (Å²) in [6.07, 6.45) is 8.66. The first-order valence-corrected chi connectivity index (χ1v) is 8.59. The topological polar surface area (TPSA) is 12.0 Å². The molecule has 3 fully saturated rings. The van der Waals surface area contributed by atoms with Gasteiger partial charge >= 0.3 is 0 Å². The Hall–Kier alpha value is -0.340. The molecule has 0 radical (unpaired) electrons. The van der Waals surface area contributed by atoms with Crippen LogP contribution in [0.15, 0.2) is 28.7 Å². The van der Waals surface area contributed by atoms with Crippen LogP contribution in [0.5, 0.6) is 0 Å². The average molecular weight is 320 g/mol. The Morgan fingerprint density at radius 1 is 0.947 bits per heavy atom. The molecule has 0 spiro atoms. The second kappa shape index (κ2) is 4.89. The smallest absolute Gasteiger partial charge is 0.0175 e.